The normalized spacial score (nSPS) is 12.2. The highest BCUT2D eigenvalue weighted by Crippen LogP contribution is 2.26. The first-order chi connectivity index (χ1) is 11.5. The average molecular weight is 360 g/mol. The van der Waals surface area contributed by atoms with E-state index < -0.39 is 5.25 Å². The number of carbonyl (C=O) groups is 1. The lowest BCUT2D eigenvalue weighted by atomic mass is 10.3. The summed E-state index contributed by atoms with van der Waals surface area (Å²) in [5, 5.41) is 3.43. The number of thioether (sulfide) groups is 1. The van der Waals surface area contributed by atoms with Gasteiger partial charge in [-0.1, -0.05) is 42.2 Å². The van der Waals surface area contributed by atoms with Gasteiger partial charge in [-0.3, -0.25) is 9.59 Å². The third-order valence-corrected chi connectivity index (χ3v) is 5.25. The van der Waals surface area contributed by atoms with Crippen LogP contribution in [0, 0.1) is 0 Å². The molecule has 1 atom stereocenters. The number of aromatic nitrogens is 3. The number of anilines is 1. The van der Waals surface area contributed by atoms with E-state index in [1.54, 1.807) is 6.92 Å². The van der Waals surface area contributed by atoms with Crippen LogP contribution in [0.15, 0.2) is 40.3 Å². The predicted molar refractivity (Wildman–Crippen MR) is 97.8 cm³/mol. The molecular formula is C16H16N4O2S2. The van der Waals surface area contributed by atoms with E-state index in [2.05, 4.69) is 20.3 Å². The van der Waals surface area contributed by atoms with Crippen molar-refractivity contribution >= 4 is 44.4 Å². The first kappa shape index (κ1) is 16.7. The van der Waals surface area contributed by atoms with Gasteiger partial charge in [0.2, 0.25) is 5.91 Å². The lowest BCUT2D eigenvalue weighted by Gasteiger charge is -2.10. The van der Waals surface area contributed by atoms with Crippen LogP contribution in [0.4, 0.5) is 5.13 Å². The number of hydrogen-bond acceptors (Lipinski definition) is 6. The molecule has 0 spiro atoms. The standard InChI is InChI=1S/C16H16N4O2S2/c1-3-10-8-13(21)19-15(17-10)23-9(2)14(22)20-16-18-11-6-4-5-7-12(11)24-16/h4-9H,3H2,1-2H3,(H,17,19,21)(H,18,20,22). The smallest absolute Gasteiger partial charge is 0.251 e. The van der Waals surface area contributed by atoms with Crippen molar-refractivity contribution in [2.24, 2.45) is 0 Å². The van der Waals surface area contributed by atoms with E-state index in [0.29, 0.717) is 22.4 Å². The SMILES string of the molecule is CCc1cc(=O)[nH]c(SC(C)C(=O)Nc2nc3ccccc3s2)n1. The molecule has 124 valence electrons. The quantitative estimate of drug-likeness (QED) is 0.539. The van der Waals surface area contributed by atoms with Gasteiger partial charge < -0.3 is 10.3 Å². The van der Waals surface area contributed by atoms with Crippen LogP contribution in [-0.4, -0.2) is 26.1 Å². The Morgan fingerprint density at radius 3 is 2.92 bits per heavy atom. The fourth-order valence-electron chi connectivity index (χ4n) is 2.07. The Morgan fingerprint density at radius 1 is 1.38 bits per heavy atom. The van der Waals surface area contributed by atoms with E-state index >= 15 is 0 Å². The summed E-state index contributed by atoms with van der Waals surface area (Å²) in [6.45, 7) is 3.70. The summed E-state index contributed by atoms with van der Waals surface area (Å²) in [7, 11) is 0. The molecule has 0 bridgehead atoms. The number of thiazole rings is 1. The number of rotatable bonds is 5. The summed E-state index contributed by atoms with van der Waals surface area (Å²) in [5.41, 5.74) is 1.36. The number of nitrogens with zero attached hydrogens (tertiary/aromatic N) is 2. The molecule has 3 aromatic rings. The fraction of sp³-hybridized carbons (Fsp3) is 0.250. The maximum Gasteiger partial charge on any atom is 0.251 e. The molecule has 3 rings (SSSR count). The molecule has 1 aromatic carbocycles. The van der Waals surface area contributed by atoms with E-state index in [1.807, 2.05) is 31.2 Å². The molecule has 2 N–H and O–H groups in total. The first-order valence-corrected chi connectivity index (χ1v) is 9.18. The van der Waals surface area contributed by atoms with E-state index in [4.69, 9.17) is 0 Å². The van der Waals surface area contributed by atoms with Crippen molar-refractivity contribution in [3.63, 3.8) is 0 Å². The molecule has 2 aromatic heterocycles. The van der Waals surface area contributed by atoms with Gasteiger partial charge in [-0.25, -0.2) is 9.97 Å². The van der Waals surface area contributed by atoms with Crippen LogP contribution < -0.4 is 10.9 Å². The van der Waals surface area contributed by atoms with Gasteiger partial charge in [0.15, 0.2) is 10.3 Å². The van der Waals surface area contributed by atoms with Crippen LogP contribution in [0.3, 0.4) is 0 Å². The first-order valence-electron chi connectivity index (χ1n) is 7.48. The summed E-state index contributed by atoms with van der Waals surface area (Å²) in [6.07, 6.45) is 0.670. The lowest BCUT2D eigenvalue weighted by Crippen LogP contribution is -2.23. The second kappa shape index (κ2) is 7.14. The number of nitrogens with one attached hydrogen (secondary N) is 2. The third-order valence-electron chi connectivity index (χ3n) is 3.32. The number of aryl methyl sites for hydroxylation is 1. The van der Waals surface area contributed by atoms with E-state index in [1.165, 1.54) is 29.2 Å². The molecule has 0 fully saturated rings. The van der Waals surface area contributed by atoms with Crippen molar-refractivity contribution in [1.29, 1.82) is 0 Å². The zero-order valence-corrected chi connectivity index (χ0v) is 14.8. The number of H-pyrrole nitrogens is 1. The molecule has 0 aliphatic heterocycles. The number of amides is 1. The Balaban J connectivity index is 1.70. The van der Waals surface area contributed by atoms with Gasteiger partial charge in [-0.2, -0.15) is 0 Å². The van der Waals surface area contributed by atoms with Crippen LogP contribution in [-0.2, 0) is 11.2 Å². The minimum absolute atomic E-state index is 0.177. The molecule has 2 heterocycles. The monoisotopic (exact) mass is 360 g/mol. The van der Waals surface area contributed by atoms with Crippen molar-refractivity contribution < 1.29 is 4.79 Å². The van der Waals surface area contributed by atoms with Gasteiger partial charge in [0.25, 0.3) is 5.56 Å². The predicted octanol–water partition coefficient (Wildman–Crippen LogP) is 3.06. The number of carbonyl (C=O) groups excluding carboxylic acids is 1. The lowest BCUT2D eigenvalue weighted by molar-refractivity contribution is -0.115. The van der Waals surface area contributed by atoms with Crippen molar-refractivity contribution in [1.82, 2.24) is 15.0 Å². The van der Waals surface area contributed by atoms with Crippen LogP contribution >= 0.6 is 23.1 Å². The largest absolute Gasteiger partial charge is 0.301 e. The molecule has 0 saturated heterocycles. The van der Waals surface area contributed by atoms with Gasteiger partial charge in [0, 0.05) is 11.8 Å². The zero-order chi connectivity index (χ0) is 17.1. The van der Waals surface area contributed by atoms with E-state index in [-0.39, 0.29) is 11.5 Å². The molecule has 0 saturated carbocycles. The third kappa shape index (κ3) is 3.82. The number of hydrogen-bond donors (Lipinski definition) is 2. The van der Waals surface area contributed by atoms with Gasteiger partial charge in [0.05, 0.1) is 15.5 Å². The Hall–Kier alpha value is -2.19. The summed E-state index contributed by atoms with van der Waals surface area (Å²) < 4.78 is 1.02. The summed E-state index contributed by atoms with van der Waals surface area (Å²) in [6, 6.07) is 9.19. The Kier molecular flexibility index (Phi) is 4.96. The molecule has 0 aliphatic rings. The molecule has 0 aliphatic carbocycles. The average Bonchev–Trinajstić information content (AvgIpc) is 2.96. The minimum atomic E-state index is -0.410. The zero-order valence-electron chi connectivity index (χ0n) is 13.2. The van der Waals surface area contributed by atoms with Crippen LogP contribution in [0.25, 0.3) is 10.2 Å². The Labute approximate surface area is 146 Å². The van der Waals surface area contributed by atoms with Gasteiger partial charge >= 0.3 is 0 Å². The molecule has 8 heteroatoms. The highest BCUT2D eigenvalue weighted by molar-refractivity contribution is 8.00. The number of fused-ring (bicyclic) bond motifs is 1. The Bertz CT molecular complexity index is 902. The number of aromatic amines is 1. The van der Waals surface area contributed by atoms with Crippen molar-refractivity contribution in [3.05, 3.63) is 46.4 Å². The summed E-state index contributed by atoms with van der Waals surface area (Å²) >= 11 is 2.65. The van der Waals surface area contributed by atoms with Crippen molar-refractivity contribution in [2.45, 2.75) is 30.7 Å². The molecule has 1 unspecified atom stereocenters. The second-order valence-electron chi connectivity index (χ2n) is 5.13. The second-order valence-corrected chi connectivity index (χ2v) is 7.49. The van der Waals surface area contributed by atoms with Gasteiger partial charge in [0.1, 0.15) is 0 Å². The van der Waals surface area contributed by atoms with E-state index in [0.717, 1.165) is 10.2 Å². The van der Waals surface area contributed by atoms with Gasteiger partial charge in [-0.15, -0.1) is 0 Å². The van der Waals surface area contributed by atoms with Gasteiger partial charge in [-0.05, 0) is 25.5 Å². The molecule has 24 heavy (non-hydrogen) atoms. The molecular weight excluding hydrogens is 344 g/mol. The summed E-state index contributed by atoms with van der Waals surface area (Å²) in [5.74, 6) is -0.177. The maximum atomic E-state index is 12.3. The summed E-state index contributed by atoms with van der Waals surface area (Å²) in [4.78, 5) is 35.3. The molecule has 0 radical (unpaired) electrons. The highest BCUT2D eigenvalue weighted by atomic mass is 32.2. The Morgan fingerprint density at radius 2 is 2.17 bits per heavy atom. The fourth-order valence-corrected chi connectivity index (χ4v) is 3.77. The maximum absolute atomic E-state index is 12.3. The van der Waals surface area contributed by atoms with Crippen molar-refractivity contribution in [2.75, 3.05) is 5.32 Å². The van der Waals surface area contributed by atoms with Crippen molar-refractivity contribution in [3.8, 4) is 0 Å². The number of para-hydroxylation sites is 1. The minimum Gasteiger partial charge on any atom is -0.301 e. The van der Waals surface area contributed by atoms with Crippen LogP contribution in [0.5, 0.6) is 0 Å². The van der Waals surface area contributed by atoms with Crippen LogP contribution in [0.2, 0.25) is 0 Å². The number of benzene rings is 1. The topological polar surface area (TPSA) is 87.7 Å². The molecule has 6 nitrogen and oxygen atoms in total. The van der Waals surface area contributed by atoms with Crippen LogP contribution in [0.1, 0.15) is 19.5 Å². The molecule has 1 amide bonds. The highest BCUT2D eigenvalue weighted by Gasteiger charge is 2.18. The van der Waals surface area contributed by atoms with E-state index in [9.17, 15) is 9.59 Å².